The Bertz CT molecular complexity index is 200. The molecule has 0 atom stereocenters. The van der Waals surface area contributed by atoms with Crippen LogP contribution in [0.3, 0.4) is 0 Å². The second-order valence-corrected chi connectivity index (χ2v) is 4.33. The third kappa shape index (κ3) is 4.49. The molecule has 1 heterocycles. The molecule has 1 rings (SSSR count). The standard InChI is InChI=1S/C12H25N3O/c1-3-7-14-8-10-15(11-9-14)12(16)5-6-13-4-2/h13H,3-11H2,1-2H3. The van der Waals surface area contributed by atoms with Crippen molar-refractivity contribution >= 4 is 5.91 Å². The third-order valence-electron chi connectivity index (χ3n) is 3.03. The number of hydrogen-bond donors (Lipinski definition) is 1. The summed E-state index contributed by atoms with van der Waals surface area (Å²) in [5, 5.41) is 3.19. The predicted octanol–water partition coefficient (Wildman–Crippen LogP) is 0.540. The second kappa shape index (κ2) is 7.63. The van der Waals surface area contributed by atoms with E-state index in [1.54, 1.807) is 0 Å². The summed E-state index contributed by atoms with van der Waals surface area (Å²) in [5.74, 6) is 0.303. The van der Waals surface area contributed by atoms with Gasteiger partial charge in [-0.05, 0) is 19.5 Å². The lowest BCUT2D eigenvalue weighted by Gasteiger charge is -2.34. The number of carbonyl (C=O) groups excluding carboxylic acids is 1. The van der Waals surface area contributed by atoms with Crippen molar-refractivity contribution < 1.29 is 4.79 Å². The van der Waals surface area contributed by atoms with E-state index in [4.69, 9.17) is 0 Å². The summed E-state index contributed by atoms with van der Waals surface area (Å²) in [4.78, 5) is 16.2. The minimum atomic E-state index is 0.303. The number of carbonyl (C=O) groups is 1. The van der Waals surface area contributed by atoms with Gasteiger partial charge >= 0.3 is 0 Å². The van der Waals surface area contributed by atoms with Crippen molar-refractivity contribution in [3.8, 4) is 0 Å². The van der Waals surface area contributed by atoms with Gasteiger partial charge in [0.15, 0.2) is 0 Å². The quantitative estimate of drug-likeness (QED) is 0.673. The number of nitrogens with one attached hydrogen (secondary N) is 1. The monoisotopic (exact) mass is 227 g/mol. The van der Waals surface area contributed by atoms with Gasteiger partial charge in [0.1, 0.15) is 0 Å². The molecule has 0 aromatic rings. The highest BCUT2D eigenvalue weighted by atomic mass is 16.2. The van der Waals surface area contributed by atoms with Crippen LogP contribution in [0.4, 0.5) is 0 Å². The molecule has 0 aromatic carbocycles. The summed E-state index contributed by atoms with van der Waals surface area (Å²) in [6.07, 6.45) is 1.84. The van der Waals surface area contributed by atoms with Crippen molar-refractivity contribution in [3.05, 3.63) is 0 Å². The minimum absolute atomic E-state index is 0.303. The van der Waals surface area contributed by atoms with Gasteiger partial charge in [0, 0.05) is 39.1 Å². The van der Waals surface area contributed by atoms with Crippen LogP contribution in [0.1, 0.15) is 26.7 Å². The number of rotatable bonds is 6. The molecule has 0 spiro atoms. The average molecular weight is 227 g/mol. The number of piperazine rings is 1. The van der Waals surface area contributed by atoms with Gasteiger partial charge in [0.2, 0.25) is 5.91 Å². The molecule has 1 fully saturated rings. The predicted molar refractivity (Wildman–Crippen MR) is 66.5 cm³/mol. The summed E-state index contributed by atoms with van der Waals surface area (Å²) in [7, 11) is 0. The van der Waals surface area contributed by atoms with Gasteiger partial charge in [-0.2, -0.15) is 0 Å². The topological polar surface area (TPSA) is 35.6 Å². The van der Waals surface area contributed by atoms with Crippen LogP contribution < -0.4 is 5.32 Å². The molecule has 94 valence electrons. The summed E-state index contributed by atoms with van der Waals surface area (Å²) < 4.78 is 0. The first-order valence-electron chi connectivity index (χ1n) is 6.48. The van der Waals surface area contributed by atoms with Crippen LogP contribution in [0.2, 0.25) is 0 Å². The SMILES string of the molecule is CCCN1CCN(C(=O)CCNCC)CC1. The zero-order valence-corrected chi connectivity index (χ0v) is 10.7. The maximum atomic E-state index is 11.8. The van der Waals surface area contributed by atoms with Gasteiger partial charge in [-0.15, -0.1) is 0 Å². The largest absolute Gasteiger partial charge is 0.340 e. The number of amides is 1. The maximum Gasteiger partial charge on any atom is 0.223 e. The fraction of sp³-hybridized carbons (Fsp3) is 0.917. The van der Waals surface area contributed by atoms with Crippen LogP contribution in [-0.4, -0.2) is 61.5 Å². The first-order valence-corrected chi connectivity index (χ1v) is 6.48. The summed E-state index contributed by atoms with van der Waals surface area (Å²) >= 11 is 0. The molecular formula is C12H25N3O. The van der Waals surface area contributed by atoms with E-state index in [0.717, 1.165) is 39.3 Å². The Morgan fingerprint density at radius 3 is 2.44 bits per heavy atom. The van der Waals surface area contributed by atoms with Crippen molar-refractivity contribution in [3.63, 3.8) is 0 Å². The third-order valence-corrected chi connectivity index (χ3v) is 3.03. The van der Waals surface area contributed by atoms with Crippen LogP contribution in [0.5, 0.6) is 0 Å². The van der Waals surface area contributed by atoms with Crippen molar-refractivity contribution in [2.75, 3.05) is 45.8 Å². The van der Waals surface area contributed by atoms with Gasteiger partial charge < -0.3 is 10.2 Å². The Labute approximate surface area is 99.0 Å². The molecule has 4 nitrogen and oxygen atoms in total. The lowest BCUT2D eigenvalue weighted by atomic mass is 10.2. The zero-order valence-electron chi connectivity index (χ0n) is 10.7. The highest BCUT2D eigenvalue weighted by Gasteiger charge is 2.19. The molecule has 16 heavy (non-hydrogen) atoms. The van der Waals surface area contributed by atoms with Crippen molar-refractivity contribution in [1.29, 1.82) is 0 Å². The lowest BCUT2D eigenvalue weighted by Crippen LogP contribution is -2.49. The van der Waals surface area contributed by atoms with Gasteiger partial charge in [-0.3, -0.25) is 9.69 Å². The normalized spacial score (nSPS) is 17.8. The summed E-state index contributed by atoms with van der Waals surface area (Å²) in [6, 6.07) is 0. The highest BCUT2D eigenvalue weighted by molar-refractivity contribution is 5.76. The molecule has 0 bridgehead atoms. The maximum absolute atomic E-state index is 11.8. The van der Waals surface area contributed by atoms with Crippen molar-refractivity contribution in [2.45, 2.75) is 26.7 Å². The van der Waals surface area contributed by atoms with Crippen molar-refractivity contribution in [1.82, 2.24) is 15.1 Å². The smallest absolute Gasteiger partial charge is 0.223 e. The summed E-state index contributed by atoms with van der Waals surface area (Å²) in [5.41, 5.74) is 0. The molecule has 0 unspecified atom stereocenters. The molecule has 0 saturated carbocycles. The molecule has 0 aliphatic carbocycles. The fourth-order valence-corrected chi connectivity index (χ4v) is 2.07. The Balaban J connectivity index is 2.17. The van der Waals surface area contributed by atoms with E-state index in [1.807, 2.05) is 4.90 Å². The van der Waals surface area contributed by atoms with Crippen LogP contribution in [-0.2, 0) is 4.79 Å². The summed E-state index contributed by atoms with van der Waals surface area (Å²) in [6.45, 7) is 11.1. The van der Waals surface area contributed by atoms with Gasteiger partial charge in [0.05, 0.1) is 0 Å². The van der Waals surface area contributed by atoms with E-state index in [-0.39, 0.29) is 0 Å². The molecule has 1 aliphatic heterocycles. The van der Waals surface area contributed by atoms with Gasteiger partial charge in [0.25, 0.3) is 0 Å². The average Bonchev–Trinajstić information content (AvgIpc) is 2.30. The molecule has 1 aliphatic rings. The molecule has 0 radical (unpaired) electrons. The van der Waals surface area contributed by atoms with E-state index in [1.165, 1.54) is 13.0 Å². The minimum Gasteiger partial charge on any atom is -0.340 e. The number of hydrogen-bond acceptors (Lipinski definition) is 3. The first-order chi connectivity index (χ1) is 7.77. The number of nitrogens with zero attached hydrogens (tertiary/aromatic N) is 2. The van der Waals surface area contributed by atoms with Crippen LogP contribution in [0.15, 0.2) is 0 Å². The van der Waals surface area contributed by atoms with E-state index < -0.39 is 0 Å². The second-order valence-electron chi connectivity index (χ2n) is 4.33. The van der Waals surface area contributed by atoms with E-state index in [0.29, 0.717) is 12.3 Å². The molecule has 0 aromatic heterocycles. The lowest BCUT2D eigenvalue weighted by molar-refractivity contribution is -0.132. The Kier molecular flexibility index (Phi) is 6.42. The zero-order chi connectivity index (χ0) is 11.8. The Hall–Kier alpha value is -0.610. The van der Waals surface area contributed by atoms with Crippen LogP contribution >= 0.6 is 0 Å². The van der Waals surface area contributed by atoms with E-state index in [9.17, 15) is 4.79 Å². The van der Waals surface area contributed by atoms with Crippen LogP contribution in [0, 0.1) is 0 Å². The fourth-order valence-electron chi connectivity index (χ4n) is 2.07. The molecule has 1 N–H and O–H groups in total. The van der Waals surface area contributed by atoms with Crippen molar-refractivity contribution in [2.24, 2.45) is 0 Å². The first kappa shape index (κ1) is 13.5. The van der Waals surface area contributed by atoms with Crippen LogP contribution in [0.25, 0.3) is 0 Å². The molecule has 1 amide bonds. The Morgan fingerprint density at radius 1 is 1.19 bits per heavy atom. The van der Waals surface area contributed by atoms with E-state index >= 15 is 0 Å². The molecular weight excluding hydrogens is 202 g/mol. The Morgan fingerprint density at radius 2 is 1.88 bits per heavy atom. The van der Waals surface area contributed by atoms with Gasteiger partial charge in [-0.1, -0.05) is 13.8 Å². The molecule has 1 saturated heterocycles. The van der Waals surface area contributed by atoms with E-state index in [2.05, 4.69) is 24.1 Å². The van der Waals surface area contributed by atoms with Gasteiger partial charge in [-0.25, -0.2) is 0 Å². The molecule has 4 heteroatoms. The highest BCUT2D eigenvalue weighted by Crippen LogP contribution is 2.03.